The summed E-state index contributed by atoms with van der Waals surface area (Å²) < 4.78 is 15.2. The van der Waals surface area contributed by atoms with Crippen molar-refractivity contribution in [2.24, 2.45) is 0 Å². The van der Waals surface area contributed by atoms with Gasteiger partial charge in [0, 0.05) is 13.1 Å². The first-order valence-electron chi connectivity index (χ1n) is 9.02. The fraction of sp³-hybridized carbons (Fsp3) is 0.250. The number of carbonyl (C=O) groups excluding carboxylic acids is 1. The maximum Gasteiger partial charge on any atom is 0.236 e. The van der Waals surface area contributed by atoms with Crippen molar-refractivity contribution in [3.05, 3.63) is 65.5 Å². The van der Waals surface area contributed by atoms with Gasteiger partial charge in [-0.15, -0.1) is 10.2 Å². The van der Waals surface area contributed by atoms with E-state index >= 15 is 0 Å². The molecule has 1 aliphatic heterocycles. The number of fused-ring (bicyclic) bond motifs is 1. The van der Waals surface area contributed by atoms with Crippen LogP contribution < -0.4 is 5.84 Å². The summed E-state index contributed by atoms with van der Waals surface area (Å²) in [6, 6.07) is 14.4. The summed E-state index contributed by atoms with van der Waals surface area (Å²) in [7, 11) is 0. The number of hydrogen-bond acceptors (Lipinski definition) is 5. The van der Waals surface area contributed by atoms with E-state index in [1.165, 1.54) is 33.6 Å². The summed E-state index contributed by atoms with van der Waals surface area (Å²) in [5.41, 5.74) is 2.75. The maximum atomic E-state index is 14.0. The van der Waals surface area contributed by atoms with Crippen LogP contribution in [0.5, 0.6) is 0 Å². The Morgan fingerprint density at radius 3 is 2.64 bits per heavy atom. The first kappa shape index (κ1) is 18.5. The molecular weight excluding hydrogens is 377 g/mol. The van der Waals surface area contributed by atoms with Gasteiger partial charge in [-0.2, -0.15) is 0 Å². The number of nitrogen functional groups attached to an aromatic ring is 1. The highest BCUT2D eigenvalue weighted by Crippen LogP contribution is 2.28. The van der Waals surface area contributed by atoms with E-state index < -0.39 is 5.82 Å². The number of nitrogens with two attached hydrogens (primary N) is 1. The van der Waals surface area contributed by atoms with Crippen molar-refractivity contribution >= 4 is 17.7 Å². The fourth-order valence-electron chi connectivity index (χ4n) is 3.33. The van der Waals surface area contributed by atoms with Crippen LogP contribution in [-0.4, -0.2) is 37.5 Å². The van der Waals surface area contributed by atoms with Gasteiger partial charge in [-0.3, -0.25) is 4.79 Å². The summed E-state index contributed by atoms with van der Waals surface area (Å²) >= 11 is 1.23. The quantitative estimate of drug-likeness (QED) is 0.541. The molecule has 1 amide bonds. The summed E-state index contributed by atoms with van der Waals surface area (Å²) in [5, 5.41) is 8.04. The van der Waals surface area contributed by atoms with Crippen LogP contribution in [0.1, 0.15) is 18.1 Å². The van der Waals surface area contributed by atoms with Crippen molar-refractivity contribution in [3.63, 3.8) is 0 Å². The lowest BCUT2D eigenvalue weighted by Gasteiger charge is -2.30. The molecule has 3 aromatic rings. The Labute approximate surface area is 166 Å². The molecule has 0 unspecified atom stereocenters. The van der Waals surface area contributed by atoms with E-state index in [-0.39, 0.29) is 22.5 Å². The van der Waals surface area contributed by atoms with Gasteiger partial charge in [-0.25, -0.2) is 9.07 Å². The molecule has 4 rings (SSSR count). The zero-order valence-electron chi connectivity index (χ0n) is 15.4. The molecule has 0 radical (unpaired) electrons. The lowest BCUT2D eigenvalue weighted by atomic mass is 10.00. The summed E-state index contributed by atoms with van der Waals surface area (Å²) in [5.74, 6) is 5.90. The third kappa shape index (κ3) is 3.47. The predicted octanol–water partition coefficient (Wildman–Crippen LogP) is 2.86. The highest BCUT2D eigenvalue weighted by Gasteiger charge is 2.27. The van der Waals surface area contributed by atoms with E-state index in [9.17, 15) is 9.18 Å². The first-order valence-corrected chi connectivity index (χ1v) is 9.90. The number of aromatic nitrogens is 3. The molecule has 1 atom stereocenters. The molecule has 0 spiro atoms. The SMILES string of the molecule is C[C@@H](Sc1nnc(-c2ccccc2F)n1N)C(=O)N1CCc2ccccc2C1. The Bertz CT molecular complexity index is 1020. The van der Waals surface area contributed by atoms with Crippen LogP contribution in [0, 0.1) is 5.82 Å². The molecule has 1 aromatic heterocycles. The van der Waals surface area contributed by atoms with E-state index in [0.717, 1.165) is 6.42 Å². The van der Waals surface area contributed by atoms with Crippen LogP contribution >= 0.6 is 11.8 Å². The molecule has 0 bridgehead atoms. The number of amides is 1. The van der Waals surface area contributed by atoms with E-state index in [1.54, 1.807) is 18.2 Å². The lowest BCUT2D eigenvalue weighted by Crippen LogP contribution is -2.40. The highest BCUT2D eigenvalue weighted by atomic mass is 32.2. The van der Waals surface area contributed by atoms with E-state index in [2.05, 4.69) is 22.3 Å². The van der Waals surface area contributed by atoms with E-state index in [0.29, 0.717) is 18.2 Å². The maximum absolute atomic E-state index is 14.0. The molecule has 6 nitrogen and oxygen atoms in total. The minimum Gasteiger partial charge on any atom is -0.337 e. The molecule has 28 heavy (non-hydrogen) atoms. The molecule has 2 N–H and O–H groups in total. The molecule has 144 valence electrons. The Hall–Kier alpha value is -2.87. The fourth-order valence-corrected chi connectivity index (χ4v) is 4.19. The van der Waals surface area contributed by atoms with Crippen molar-refractivity contribution in [1.82, 2.24) is 19.8 Å². The molecule has 0 fully saturated rings. The Balaban J connectivity index is 1.48. The highest BCUT2D eigenvalue weighted by molar-refractivity contribution is 8.00. The minimum atomic E-state index is -0.422. The second kappa shape index (κ2) is 7.63. The minimum absolute atomic E-state index is 0.0231. The molecular formula is C20H20FN5OS. The molecule has 2 aromatic carbocycles. The number of thioether (sulfide) groups is 1. The Morgan fingerprint density at radius 1 is 1.14 bits per heavy atom. The number of nitrogens with zero attached hydrogens (tertiary/aromatic N) is 4. The predicted molar refractivity (Wildman–Crippen MR) is 106 cm³/mol. The third-order valence-corrected chi connectivity index (χ3v) is 5.90. The van der Waals surface area contributed by atoms with Gasteiger partial charge in [0.25, 0.3) is 0 Å². The van der Waals surface area contributed by atoms with Gasteiger partial charge in [-0.1, -0.05) is 48.2 Å². The monoisotopic (exact) mass is 397 g/mol. The van der Waals surface area contributed by atoms with Crippen LogP contribution in [0.25, 0.3) is 11.4 Å². The largest absolute Gasteiger partial charge is 0.337 e. The van der Waals surface area contributed by atoms with Crippen molar-refractivity contribution in [2.75, 3.05) is 12.4 Å². The van der Waals surface area contributed by atoms with Crippen LogP contribution in [0.4, 0.5) is 4.39 Å². The zero-order chi connectivity index (χ0) is 19.7. The van der Waals surface area contributed by atoms with Gasteiger partial charge < -0.3 is 10.7 Å². The molecule has 1 aliphatic rings. The van der Waals surface area contributed by atoms with Crippen LogP contribution in [0.15, 0.2) is 53.7 Å². The molecule has 0 saturated heterocycles. The smallest absolute Gasteiger partial charge is 0.236 e. The van der Waals surface area contributed by atoms with E-state index in [1.807, 2.05) is 24.0 Å². The number of halogens is 1. The molecule has 0 aliphatic carbocycles. The van der Waals surface area contributed by atoms with Gasteiger partial charge in [0.05, 0.1) is 10.8 Å². The van der Waals surface area contributed by atoms with Gasteiger partial charge in [0.1, 0.15) is 5.82 Å². The van der Waals surface area contributed by atoms with E-state index in [4.69, 9.17) is 5.84 Å². The van der Waals surface area contributed by atoms with Crippen molar-refractivity contribution in [2.45, 2.75) is 30.3 Å². The third-order valence-electron chi connectivity index (χ3n) is 4.85. The van der Waals surface area contributed by atoms with Gasteiger partial charge >= 0.3 is 0 Å². The molecule has 8 heteroatoms. The van der Waals surface area contributed by atoms with Crippen molar-refractivity contribution in [3.8, 4) is 11.4 Å². The summed E-state index contributed by atoms with van der Waals surface area (Å²) in [4.78, 5) is 14.8. The van der Waals surface area contributed by atoms with Crippen molar-refractivity contribution < 1.29 is 9.18 Å². The summed E-state index contributed by atoms with van der Waals surface area (Å²) in [6.07, 6.45) is 0.851. The number of carbonyl (C=O) groups is 1. The standard InChI is InChI=1S/C20H20FN5OS/c1-13(19(27)25-11-10-14-6-2-3-7-15(14)12-25)28-20-24-23-18(26(20)22)16-8-4-5-9-17(16)21/h2-9,13H,10-12,22H2,1H3/t13-/m1/s1. The lowest BCUT2D eigenvalue weighted by molar-refractivity contribution is -0.131. The van der Waals surface area contributed by atoms with Crippen molar-refractivity contribution in [1.29, 1.82) is 0 Å². The summed E-state index contributed by atoms with van der Waals surface area (Å²) in [6.45, 7) is 3.12. The average Bonchev–Trinajstić information content (AvgIpc) is 3.07. The topological polar surface area (TPSA) is 77.0 Å². The normalized spacial score (nSPS) is 14.6. The van der Waals surface area contributed by atoms with Gasteiger partial charge in [0.15, 0.2) is 5.82 Å². The van der Waals surface area contributed by atoms with Gasteiger partial charge in [-0.05, 0) is 36.6 Å². The Morgan fingerprint density at radius 2 is 1.86 bits per heavy atom. The molecule has 2 heterocycles. The van der Waals surface area contributed by atoms with Crippen LogP contribution in [0.2, 0.25) is 0 Å². The van der Waals surface area contributed by atoms with Crippen LogP contribution in [0.3, 0.4) is 0 Å². The molecule has 0 saturated carbocycles. The Kier molecular flexibility index (Phi) is 5.04. The number of benzene rings is 2. The van der Waals surface area contributed by atoms with Gasteiger partial charge in [0.2, 0.25) is 11.1 Å². The average molecular weight is 397 g/mol. The number of hydrogen-bond donors (Lipinski definition) is 1. The zero-order valence-corrected chi connectivity index (χ0v) is 16.2. The van der Waals surface area contributed by atoms with Crippen LogP contribution in [-0.2, 0) is 17.8 Å². The number of rotatable bonds is 4. The second-order valence-corrected chi connectivity index (χ2v) is 8.00. The first-order chi connectivity index (χ1) is 13.5. The second-order valence-electron chi connectivity index (χ2n) is 6.69.